The zero-order valence-corrected chi connectivity index (χ0v) is 9.98. The molecule has 76 valence electrons. The lowest BCUT2D eigenvalue weighted by Gasteiger charge is -2.07. The Morgan fingerprint density at radius 2 is 2.21 bits per heavy atom. The number of aldehydes is 1. The second-order valence-corrected chi connectivity index (χ2v) is 3.80. The monoisotopic (exact) mass is 327 g/mol. The van der Waals surface area contributed by atoms with Gasteiger partial charge in [-0.3, -0.25) is 9.78 Å². The molecule has 0 bridgehead atoms. The van der Waals surface area contributed by atoms with Crippen molar-refractivity contribution in [2.75, 3.05) is 0 Å². The van der Waals surface area contributed by atoms with Gasteiger partial charge in [-0.1, -0.05) is 15.9 Å². The molecule has 0 N–H and O–H groups in total. The molecular weight excluding hydrogens is 324 g/mol. The largest absolute Gasteiger partial charge is 0.298 e. The average Bonchev–Trinajstić information content (AvgIpc) is 2.17. The van der Waals surface area contributed by atoms with Crippen LogP contribution in [0.4, 0.5) is 8.78 Å². The third kappa shape index (κ3) is 2.17. The molecule has 0 fully saturated rings. The number of alkyl halides is 3. The van der Waals surface area contributed by atoms with E-state index in [0.717, 1.165) is 0 Å². The molecule has 0 amide bonds. The van der Waals surface area contributed by atoms with Gasteiger partial charge in [0.05, 0.1) is 5.56 Å². The number of hydrogen-bond acceptors (Lipinski definition) is 2. The molecule has 1 aromatic heterocycles. The van der Waals surface area contributed by atoms with Gasteiger partial charge >= 0.3 is 0 Å². The Labute approximate surface area is 96.0 Å². The van der Waals surface area contributed by atoms with Crippen molar-refractivity contribution in [1.29, 1.82) is 0 Å². The van der Waals surface area contributed by atoms with Gasteiger partial charge in [-0.05, 0) is 21.5 Å². The molecule has 0 saturated heterocycles. The van der Waals surface area contributed by atoms with Crippen molar-refractivity contribution in [2.45, 2.75) is 11.8 Å². The molecule has 14 heavy (non-hydrogen) atoms. The molecule has 0 unspecified atom stereocenters. The summed E-state index contributed by atoms with van der Waals surface area (Å²) in [6.07, 6.45) is -1.05. The summed E-state index contributed by atoms with van der Waals surface area (Å²) < 4.78 is 25.1. The summed E-state index contributed by atoms with van der Waals surface area (Å²) in [4.78, 5) is 14.1. The molecule has 1 heterocycles. The minimum atomic E-state index is -2.74. The highest BCUT2D eigenvalue weighted by atomic mass is 79.9. The number of rotatable bonds is 3. The van der Waals surface area contributed by atoms with Crippen molar-refractivity contribution in [3.8, 4) is 0 Å². The Morgan fingerprint density at radius 1 is 1.57 bits per heavy atom. The van der Waals surface area contributed by atoms with Crippen LogP contribution in [0.5, 0.6) is 0 Å². The Balaban J connectivity index is 3.35. The minimum absolute atomic E-state index is 0.0862. The summed E-state index contributed by atoms with van der Waals surface area (Å²) in [5.41, 5.74) is 0.0880. The highest BCUT2D eigenvalue weighted by molar-refractivity contribution is 9.10. The first kappa shape index (κ1) is 11.7. The maximum absolute atomic E-state index is 12.4. The number of carbonyl (C=O) groups is 1. The van der Waals surface area contributed by atoms with Gasteiger partial charge in [-0.25, -0.2) is 8.78 Å². The van der Waals surface area contributed by atoms with Crippen molar-refractivity contribution in [2.24, 2.45) is 0 Å². The van der Waals surface area contributed by atoms with Crippen molar-refractivity contribution < 1.29 is 13.6 Å². The Kier molecular flexibility index (Phi) is 4.12. The van der Waals surface area contributed by atoms with E-state index in [-0.39, 0.29) is 5.56 Å². The second kappa shape index (κ2) is 4.93. The lowest BCUT2D eigenvalue weighted by atomic mass is 10.1. The van der Waals surface area contributed by atoms with Crippen LogP contribution in [-0.4, -0.2) is 11.3 Å². The molecule has 0 atom stereocenters. The predicted octanol–water partition coefficient (Wildman–Crippen LogP) is 3.49. The maximum Gasteiger partial charge on any atom is 0.281 e. The molecule has 0 radical (unpaired) electrons. The molecule has 0 aliphatic carbocycles. The van der Waals surface area contributed by atoms with Crippen molar-refractivity contribution in [3.05, 3.63) is 27.5 Å². The maximum atomic E-state index is 12.4. The van der Waals surface area contributed by atoms with Gasteiger partial charge in [0.2, 0.25) is 0 Å². The molecule has 0 aliphatic heterocycles. The van der Waals surface area contributed by atoms with Crippen LogP contribution in [0.2, 0.25) is 0 Å². The molecule has 6 heteroatoms. The second-order valence-electron chi connectivity index (χ2n) is 2.45. The van der Waals surface area contributed by atoms with E-state index < -0.39 is 12.1 Å². The Morgan fingerprint density at radius 3 is 2.64 bits per heavy atom. The molecule has 2 nitrogen and oxygen atoms in total. The summed E-state index contributed by atoms with van der Waals surface area (Å²) in [7, 11) is 0. The van der Waals surface area contributed by atoms with Crippen LogP contribution < -0.4 is 0 Å². The number of nitrogens with zero attached hydrogens (tertiary/aromatic N) is 1. The fourth-order valence-corrected chi connectivity index (χ4v) is 2.28. The quantitative estimate of drug-likeness (QED) is 0.628. The fraction of sp³-hybridized carbons (Fsp3) is 0.250. The summed E-state index contributed by atoms with van der Waals surface area (Å²) in [6, 6.07) is 0. The van der Waals surface area contributed by atoms with Crippen LogP contribution in [-0.2, 0) is 5.33 Å². The first-order valence-corrected chi connectivity index (χ1v) is 5.49. The number of pyridine rings is 1. The molecule has 0 spiro atoms. The van der Waals surface area contributed by atoms with Gasteiger partial charge in [-0.15, -0.1) is 0 Å². The van der Waals surface area contributed by atoms with Gasteiger partial charge < -0.3 is 0 Å². The summed E-state index contributed by atoms with van der Waals surface area (Å²) >= 11 is 6.25. The Bertz CT molecular complexity index is 357. The van der Waals surface area contributed by atoms with Crippen molar-refractivity contribution in [1.82, 2.24) is 4.98 Å². The minimum Gasteiger partial charge on any atom is -0.298 e. The van der Waals surface area contributed by atoms with Crippen LogP contribution in [0, 0.1) is 0 Å². The van der Waals surface area contributed by atoms with E-state index in [1.54, 1.807) is 0 Å². The predicted molar refractivity (Wildman–Crippen MR) is 54.9 cm³/mol. The molecule has 0 aromatic carbocycles. The van der Waals surface area contributed by atoms with Gasteiger partial charge in [0, 0.05) is 16.0 Å². The number of aromatic nitrogens is 1. The highest BCUT2D eigenvalue weighted by Gasteiger charge is 2.18. The zero-order valence-electron chi connectivity index (χ0n) is 6.81. The first-order valence-electron chi connectivity index (χ1n) is 3.58. The first-order chi connectivity index (χ1) is 6.61. The summed E-state index contributed by atoms with van der Waals surface area (Å²) in [5, 5.41) is 0.449. The van der Waals surface area contributed by atoms with Crippen LogP contribution >= 0.6 is 31.9 Å². The third-order valence-corrected chi connectivity index (χ3v) is 3.16. The Hall–Kier alpha value is -0.360. The molecule has 0 saturated carbocycles. The molecule has 1 aromatic rings. The molecular formula is C8H5Br2F2NO. The van der Waals surface area contributed by atoms with E-state index >= 15 is 0 Å². The van der Waals surface area contributed by atoms with Crippen LogP contribution in [0.25, 0.3) is 0 Å². The fourth-order valence-electron chi connectivity index (χ4n) is 0.938. The summed E-state index contributed by atoms with van der Waals surface area (Å²) in [5.74, 6) is 0. The standard InChI is InChI=1S/C8H5Br2F2NO/c9-1-4-2-13-7(8(11)12)5(3-14)6(4)10/h2-3,8H,1H2. The lowest BCUT2D eigenvalue weighted by molar-refractivity contribution is 0.110. The molecule has 1 rings (SSSR count). The van der Waals surface area contributed by atoms with Crippen LogP contribution in [0.3, 0.4) is 0 Å². The van der Waals surface area contributed by atoms with Gasteiger partial charge in [0.25, 0.3) is 6.43 Å². The van der Waals surface area contributed by atoms with E-state index in [9.17, 15) is 13.6 Å². The van der Waals surface area contributed by atoms with E-state index in [2.05, 4.69) is 36.8 Å². The zero-order chi connectivity index (χ0) is 10.7. The smallest absolute Gasteiger partial charge is 0.281 e. The number of hydrogen-bond donors (Lipinski definition) is 0. The van der Waals surface area contributed by atoms with Crippen LogP contribution in [0.15, 0.2) is 10.7 Å². The number of halogens is 4. The number of carbonyl (C=O) groups excluding carboxylic acids is 1. The lowest BCUT2D eigenvalue weighted by Crippen LogP contribution is -2.01. The van der Waals surface area contributed by atoms with Gasteiger partial charge in [-0.2, -0.15) is 0 Å². The van der Waals surface area contributed by atoms with E-state index in [1.165, 1.54) is 6.20 Å². The SMILES string of the molecule is O=Cc1c(C(F)F)ncc(CBr)c1Br. The van der Waals surface area contributed by atoms with E-state index in [0.29, 0.717) is 21.7 Å². The van der Waals surface area contributed by atoms with E-state index in [4.69, 9.17) is 0 Å². The third-order valence-electron chi connectivity index (χ3n) is 1.62. The van der Waals surface area contributed by atoms with Crippen molar-refractivity contribution in [3.63, 3.8) is 0 Å². The van der Waals surface area contributed by atoms with Crippen LogP contribution in [0.1, 0.15) is 28.0 Å². The summed E-state index contributed by atoms with van der Waals surface area (Å²) in [6.45, 7) is 0. The topological polar surface area (TPSA) is 30.0 Å². The average molecular weight is 329 g/mol. The highest BCUT2D eigenvalue weighted by Crippen LogP contribution is 2.29. The van der Waals surface area contributed by atoms with Gasteiger partial charge in [0.15, 0.2) is 6.29 Å². The van der Waals surface area contributed by atoms with Crippen molar-refractivity contribution >= 4 is 38.1 Å². The molecule has 0 aliphatic rings. The van der Waals surface area contributed by atoms with E-state index in [1.807, 2.05) is 0 Å². The van der Waals surface area contributed by atoms with Gasteiger partial charge in [0.1, 0.15) is 5.69 Å². The normalized spacial score (nSPS) is 10.6.